The molecule has 0 aliphatic heterocycles. The monoisotopic (exact) mass is 913 g/mol. The third kappa shape index (κ3) is 47.4. The molecule has 0 aliphatic rings. The van der Waals surface area contributed by atoms with Crippen LogP contribution in [0.25, 0.3) is 0 Å². The topological polar surface area (TPSA) is 108 Å². The van der Waals surface area contributed by atoms with Gasteiger partial charge in [0, 0.05) is 6.42 Å². The van der Waals surface area contributed by atoms with Crippen LogP contribution in [0.4, 0.5) is 0 Å². The molecule has 0 heterocycles. The quantitative estimate of drug-likeness (QED) is 0.0273. The Balaban J connectivity index is 4.28. The van der Waals surface area contributed by atoms with Gasteiger partial charge in [0.25, 0.3) is 7.82 Å². The molecule has 0 fully saturated rings. The summed E-state index contributed by atoms with van der Waals surface area (Å²) in [6.07, 6.45) is 64.6. The van der Waals surface area contributed by atoms with Crippen molar-refractivity contribution in [1.82, 2.24) is 5.32 Å². The highest BCUT2D eigenvalue weighted by atomic mass is 31.2. The van der Waals surface area contributed by atoms with Crippen LogP contribution < -0.4 is 10.2 Å². The number of amides is 1. The van der Waals surface area contributed by atoms with Gasteiger partial charge in [-0.1, -0.05) is 207 Å². The summed E-state index contributed by atoms with van der Waals surface area (Å²) in [5.41, 5.74) is 0. The Kier molecular flexibility index (Phi) is 43.7. The first-order chi connectivity index (χ1) is 31.0. The molecule has 0 radical (unpaired) electrons. The summed E-state index contributed by atoms with van der Waals surface area (Å²) in [4.78, 5) is 25.4. The minimum absolute atomic E-state index is 0.00844. The number of aliphatic hydroxyl groups excluding tert-OH is 1. The lowest BCUT2D eigenvalue weighted by Gasteiger charge is -2.29. The Bertz CT molecular complexity index is 1360. The molecule has 0 aliphatic carbocycles. The SMILES string of the molecule is CC/C=C\C/C=C\C/C=C\C/C=C\C/C=C\C/C=C\C/C=C\CCCCCCCCCC(=O)NC(COP(=O)([O-])OCC[N+](C)(C)C)C(O)/C=C/CCCCCCCCCCCCC. The second kappa shape index (κ2) is 45.6. The van der Waals surface area contributed by atoms with Crippen molar-refractivity contribution in [2.75, 3.05) is 40.9 Å². The van der Waals surface area contributed by atoms with Gasteiger partial charge >= 0.3 is 0 Å². The number of hydrogen-bond acceptors (Lipinski definition) is 6. The van der Waals surface area contributed by atoms with Crippen LogP contribution >= 0.6 is 7.82 Å². The number of allylic oxidation sites excluding steroid dienone is 15. The highest BCUT2D eigenvalue weighted by Crippen LogP contribution is 2.38. The number of phosphoric acid groups is 1. The van der Waals surface area contributed by atoms with Crippen LogP contribution in [0, 0.1) is 0 Å². The van der Waals surface area contributed by atoms with Gasteiger partial charge in [-0.2, -0.15) is 0 Å². The fraction of sp³-hybridized carbons (Fsp3) is 0.691. The Labute approximate surface area is 394 Å². The molecular weight excluding hydrogens is 816 g/mol. The van der Waals surface area contributed by atoms with E-state index in [1.54, 1.807) is 6.08 Å². The van der Waals surface area contributed by atoms with E-state index in [1.807, 2.05) is 27.2 Å². The first-order valence-electron chi connectivity index (χ1n) is 25.6. The highest BCUT2D eigenvalue weighted by molar-refractivity contribution is 7.45. The Morgan fingerprint density at radius 2 is 0.953 bits per heavy atom. The molecule has 2 N–H and O–H groups in total. The van der Waals surface area contributed by atoms with Crippen molar-refractivity contribution >= 4 is 13.7 Å². The predicted octanol–water partition coefficient (Wildman–Crippen LogP) is 14.5. The lowest BCUT2D eigenvalue weighted by molar-refractivity contribution is -0.870. The van der Waals surface area contributed by atoms with E-state index in [4.69, 9.17) is 9.05 Å². The lowest BCUT2D eigenvalue weighted by atomic mass is 10.0. The van der Waals surface area contributed by atoms with Crippen LogP contribution in [0.1, 0.15) is 194 Å². The van der Waals surface area contributed by atoms with Gasteiger partial charge in [-0.25, -0.2) is 0 Å². The number of nitrogens with one attached hydrogen (secondary N) is 1. The molecular formula is C55H97N2O6P. The van der Waals surface area contributed by atoms with E-state index in [-0.39, 0.29) is 12.5 Å². The summed E-state index contributed by atoms with van der Waals surface area (Å²) in [6.45, 7) is 4.50. The maximum absolute atomic E-state index is 12.9. The summed E-state index contributed by atoms with van der Waals surface area (Å²) >= 11 is 0. The number of hydrogen-bond donors (Lipinski definition) is 2. The molecule has 368 valence electrons. The fourth-order valence-electron chi connectivity index (χ4n) is 6.78. The van der Waals surface area contributed by atoms with Crippen LogP contribution in [0.15, 0.2) is 97.2 Å². The zero-order valence-electron chi connectivity index (χ0n) is 41.7. The summed E-state index contributed by atoms with van der Waals surface area (Å²) in [5, 5.41) is 13.8. The van der Waals surface area contributed by atoms with E-state index >= 15 is 0 Å². The summed E-state index contributed by atoms with van der Waals surface area (Å²) < 4.78 is 23.2. The molecule has 0 bridgehead atoms. The molecule has 0 rings (SSSR count). The zero-order valence-corrected chi connectivity index (χ0v) is 42.6. The molecule has 0 aromatic heterocycles. The number of phosphoric ester groups is 1. The number of quaternary nitrogens is 1. The average molecular weight is 913 g/mol. The Morgan fingerprint density at radius 3 is 1.39 bits per heavy atom. The van der Waals surface area contributed by atoms with Gasteiger partial charge in [-0.3, -0.25) is 9.36 Å². The number of rotatable bonds is 45. The molecule has 9 heteroatoms. The minimum atomic E-state index is -4.60. The fourth-order valence-corrected chi connectivity index (χ4v) is 7.50. The molecule has 3 unspecified atom stereocenters. The zero-order chi connectivity index (χ0) is 47.1. The van der Waals surface area contributed by atoms with E-state index in [9.17, 15) is 19.4 Å². The van der Waals surface area contributed by atoms with Crippen molar-refractivity contribution < 1.29 is 32.9 Å². The van der Waals surface area contributed by atoms with Crippen molar-refractivity contribution in [1.29, 1.82) is 0 Å². The number of carbonyl (C=O) groups is 1. The molecule has 0 saturated carbocycles. The van der Waals surface area contributed by atoms with E-state index in [2.05, 4.69) is 104 Å². The van der Waals surface area contributed by atoms with Crippen molar-refractivity contribution in [3.05, 3.63) is 97.2 Å². The maximum atomic E-state index is 12.9. The highest BCUT2D eigenvalue weighted by Gasteiger charge is 2.23. The summed E-state index contributed by atoms with van der Waals surface area (Å²) in [7, 11) is 1.24. The second-order valence-electron chi connectivity index (χ2n) is 18.1. The van der Waals surface area contributed by atoms with Gasteiger partial charge in [-0.15, -0.1) is 0 Å². The summed E-state index contributed by atoms with van der Waals surface area (Å²) in [5.74, 6) is -0.214. The van der Waals surface area contributed by atoms with Gasteiger partial charge < -0.3 is 28.8 Å². The van der Waals surface area contributed by atoms with Gasteiger partial charge in [0.15, 0.2) is 0 Å². The van der Waals surface area contributed by atoms with Crippen molar-refractivity contribution in [2.45, 2.75) is 206 Å². The number of carbonyl (C=O) groups excluding carboxylic acids is 1. The third-order valence-corrected chi connectivity index (χ3v) is 11.8. The van der Waals surface area contributed by atoms with Gasteiger partial charge in [0.05, 0.1) is 39.9 Å². The molecule has 8 nitrogen and oxygen atoms in total. The smallest absolute Gasteiger partial charge is 0.268 e. The molecule has 0 spiro atoms. The number of nitrogens with zero attached hydrogens (tertiary/aromatic N) is 1. The average Bonchev–Trinajstić information content (AvgIpc) is 3.25. The normalized spacial score (nSPS) is 14.9. The number of aliphatic hydroxyl groups is 1. The molecule has 3 atom stereocenters. The van der Waals surface area contributed by atoms with Gasteiger partial charge in [0.2, 0.25) is 5.91 Å². The Morgan fingerprint density at radius 1 is 0.562 bits per heavy atom. The van der Waals surface area contributed by atoms with Gasteiger partial charge in [-0.05, 0) is 77.0 Å². The van der Waals surface area contributed by atoms with E-state index in [0.717, 1.165) is 96.3 Å². The van der Waals surface area contributed by atoms with Crippen LogP contribution in [-0.4, -0.2) is 68.5 Å². The van der Waals surface area contributed by atoms with Crippen LogP contribution in [0.3, 0.4) is 0 Å². The number of unbranched alkanes of at least 4 members (excludes halogenated alkanes) is 18. The van der Waals surface area contributed by atoms with E-state index < -0.39 is 26.6 Å². The van der Waals surface area contributed by atoms with Crippen LogP contribution in [0.5, 0.6) is 0 Å². The van der Waals surface area contributed by atoms with Crippen LogP contribution in [0.2, 0.25) is 0 Å². The lowest BCUT2D eigenvalue weighted by Crippen LogP contribution is -2.45. The summed E-state index contributed by atoms with van der Waals surface area (Å²) in [6, 6.07) is -0.898. The van der Waals surface area contributed by atoms with Crippen molar-refractivity contribution in [3.8, 4) is 0 Å². The molecule has 0 aromatic rings. The largest absolute Gasteiger partial charge is 0.756 e. The second-order valence-corrected chi connectivity index (χ2v) is 19.6. The maximum Gasteiger partial charge on any atom is 0.268 e. The third-order valence-electron chi connectivity index (χ3n) is 10.8. The first-order valence-corrected chi connectivity index (χ1v) is 27.1. The van der Waals surface area contributed by atoms with Gasteiger partial charge in [0.1, 0.15) is 13.2 Å². The number of likely N-dealkylation sites (N-methyl/N-ethyl adjacent to an activating group) is 1. The molecule has 0 aromatic carbocycles. The minimum Gasteiger partial charge on any atom is -0.756 e. The first kappa shape index (κ1) is 61.4. The van der Waals surface area contributed by atoms with E-state index in [0.29, 0.717) is 17.4 Å². The van der Waals surface area contributed by atoms with Crippen LogP contribution in [-0.2, 0) is 18.4 Å². The molecule has 1 amide bonds. The standard InChI is InChI=1S/C55H97N2O6P/c1-6-8-10-12-14-16-18-20-21-22-23-24-25-26-27-28-29-30-31-32-33-34-35-37-39-41-43-45-47-49-55(59)56-53(52-63-64(60,61)62-51-50-57(3,4)5)54(58)48-46-44-42-40-38-36-19-17-15-13-11-9-7-2/h8,10,14,16,20-21,23-24,26-27,29-30,32-33,46,48,53-54,58H,6-7,9,11-13,15,17-19,22,25,28,31,34-45,47,49-52H2,1-5H3,(H-,56,59,60,61)/b10-8-,16-14-,21-20-,24-23-,27-26-,30-29-,33-32-,48-46+. The van der Waals surface area contributed by atoms with E-state index in [1.165, 1.54) is 77.0 Å². The van der Waals surface area contributed by atoms with Crippen molar-refractivity contribution in [2.24, 2.45) is 0 Å². The Hall–Kier alpha value is -2.58. The molecule has 0 saturated heterocycles. The molecule has 64 heavy (non-hydrogen) atoms. The van der Waals surface area contributed by atoms with Crippen molar-refractivity contribution in [3.63, 3.8) is 0 Å². The predicted molar refractivity (Wildman–Crippen MR) is 274 cm³/mol.